The molecule has 1 aromatic carbocycles. The van der Waals surface area contributed by atoms with E-state index in [4.69, 9.17) is 11.6 Å². The molecule has 0 radical (unpaired) electrons. The highest BCUT2D eigenvalue weighted by Gasteiger charge is 2.30. The van der Waals surface area contributed by atoms with E-state index in [9.17, 15) is 4.79 Å². The monoisotopic (exact) mass is 348 g/mol. The fourth-order valence-electron chi connectivity index (χ4n) is 3.17. The van der Waals surface area contributed by atoms with Gasteiger partial charge in [-0.25, -0.2) is 0 Å². The quantitative estimate of drug-likeness (QED) is 0.808. The molecule has 1 aliphatic heterocycles. The van der Waals surface area contributed by atoms with Crippen LogP contribution in [-0.2, 0) is 11.3 Å². The number of likely N-dealkylation sites (N-methyl/N-ethyl adjacent to an activating group) is 1. The molecule has 0 saturated carbocycles. The minimum absolute atomic E-state index is 0.213. The Morgan fingerprint density at radius 2 is 2.26 bits per heavy atom. The summed E-state index contributed by atoms with van der Waals surface area (Å²) in [5, 5.41) is 2.82. The van der Waals surface area contributed by atoms with Crippen molar-refractivity contribution < 1.29 is 4.79 Å². The van der Waals surface area contributed by atoms with Gasteiger partial charge in [0.1, 0.15) is 0 Å². The molecule has 1 fully saturated rings. The summed E-state index contributed by atoms with van der Waals surface area (Å²) in [7, 11) is 1.98. The summed E-state index contributed by atoms with van der Waals surface area (Å²) in [4.78, 5) is 18.1. The molecule has 5 heteroatoms. The normalized spacial score (nSPS) is 17.9. The zero-order valence-electron chi connectivity index (χ0n) is 13.2. The SMILES string of the molecule is CN(CC(=O)N1CCCC1c1cccs1)Cc1cccc(Cl)c1. The van der Waals surface area contributed by atoms with Crippen molar-refractivity contribution in [2.75, 3.05) is 20.1 Å². The van der Waals surface area contributed by atoms with Crippen molar-refractivity contribution in [1.29, 1.82) is 0 Å². The van der Waals surface area contributed by atoms with Crippen LogP contribution in [0.3, 0.4) is 0 Å². The van der Waals surface area contributed by atoms with Crippen molar-refractivity contribution >= 4 is 28.8 Å². The van der Waals surface area contributed by atoms with Crippen LogP contribution in [0, 0.1) is 0 Å². The summed E-state index contributed by atoms with van der Waals surface area (Å²) >= 11 is 7.76. The first-order valence-corrected chi connectivity index (χ1v) is 9.15. The van der Waals surface area contributed by atoms with Gasteiger partial charge in [-0.15, -0.1) is 11.3 Å². The maximum Gasteiger partial charge on any atom is 0.237 e. The van der Waals surface area contributed by atoms with Gasteiger partial charge >= 0.3 is 0 Å². The molecule has 2 heterocycles. The summed E-state index contributed by atoms with van der Waals surface area (Å²) in [5.74, 6) is 0.213. The first-order valence-electron chi connectivity index (χ1n) is 7.89. The van der Waals surface area contributed by atoms with Gasteiger partial charge in [-0.05, 0) is 49.0 Å². The van der Waals surface area contributed by atoms with E-state index in [2.05, 4.69) is 22.4 Å². The Bertz CT molecular complexity index is 659. The molecular weight excluding hydrogens is 328 g/mol. The molecular formula is C18H21ClN2OS. The largest absolute Gasteiger partial charge is 0.334 e. The topological polar surface area (TPSA) is 23.6 Å². The second kappa shape index (κ2) is 7.47. The Kier molecular flexibility index (Phi) is 5.36. The van der Waals surface area contributed by atoms with Gasteiger partial charge in [-0.1, -0.05) is 29.8 Å². The molecule has 122 valence electrons. The second-order valence-electron chi connectivity index (χ2n) is 6.06. The highest BCUT2D eigenvalue weighted by atomic mass is 35.5. The van der Waals surface area contributed by atoms with E-state index in [0.29, 0.717) is 6.54 Å². The summed E-state index contributed by atoms with van der Waals surface area (Å²) in [5.41, 5.74) is 1.13. The average molecular weight is 349 g/mol. The number of carbonyl (C=O) groups excluding carboxylic acids is 1. The first-order chi connectivity index (χ1) is 11.1. The zero-order chi connectivity index (χ0) is 16.2. The average Bonchev–Trinajstić information content (AvgIpc) is 3.18. The third-order valence-corrected chi connectivity index (χ3v) is 5.40. The van der Waals surface area contributed by atoms with Crippen LogP contribution in [0.25, 0.3) is 0 Å². The molecule has 23 heavy (non-hydrogen) atoms. The standard InChI is InChI=1S/C18H21ClN2OS/c1-20(12-14-5-2-6-15(19)11-14)13-18(22)21-9-3-7-16(21)17-8-4-10-23-17/h2,4-6,8,10-11,16H,3,7,9,12-13H2,1H3. The van der Waals surface area contributed by atoms with E-state index in [1.54, 1.807) is 11.3 Å². The van der Waals surface area contributed by atoms with Crippen molar-refractivity contribution in [3.63, 3.8) is 0 Å². The molecule has 1 aliphatic rings. The van der Waals surface area contributed by atoms with Crippen LogP contribution in [0.5, 0.6) is 0 Å². The number of thiophene rings is 1. The van der Waals surface area contributed by atoms with Crippen molar-refractivity contribution in [2.45, 2.75) is 25.4 Å². The summed E-state index contributed by atoms with van der Waals surface area (Å²) < 4.78 is 0. The predicted molar refractivity (Wildman–Crippen MR) is 95.8 cm³/mol. The van der Waals surface area contributed by atoms with Gasteiger partial charge in [-0.2, -0.15) is 0 Å². The van der Waals surface area contributed by atoms with Crippen molar-refractivity contribution in [3.8, 4) is 0 Å². The van der Waals surface area contributed by atoms with Crippen molar-refractivity contribution in [1.82, 2.24) is 9.80 Å². The molecule has 1 atom stereocenters. The molecule has 3 rings (SSSR count). The zero-order valence-corrected chi connectivity index (χ0v) is 14.8. The number of benzene rings is 1. The van der Waals surface area contributed by atoms with Gasteiger partial charge in [0.05, 0.1) is 12.6 Å². The predicted octanol–water partition coefficient (Wildman–Crippen LogP) is 4.20. The molecule has 0 N–H and O–H groups in total. The Labute approximate surface area is 146 Å². The Hall–Kier alpha value is -1.36. The number of rotatable bonds is 5. The second-order valence-corrected chi connectivity index (χ2v) is 7.48. The molecule has 1 saturated heterocycles. The molecule has 1 aromatic heterocycles. The number of halogens is 1. The molecule has 0 spiro atoms. The lowest BCUT2D eigenvalue weighted by Gasteiger charge is -2.26. The van der Waals surface area contributed by atoms with E-state index in [1.165, 1.54) is 4.88 Å². The van der Waals surface area contributed by atoms with Crippen LogP contribution < -0.4 is 0 Å². The third kappa shape index (κ3) is 4.14. The van der Waals surface area contributed by atoms with E-state index < -0.39 is 0 Å². The lowest BCUT2D eigenvalue weighted by Crippen LogP contribution is -2.38. The highest BCUT2D eigenvalue weighted by Crippen LogP contribution is 2.34. The van der Waals surface area contributed by atoms with Crippen molar-refractivity contribution in [3.05, 3.63) is 57.2 Å². The number of likely N-dealkylation sites (tertiary alicyclic amines) is 1. The smallest absolute Gasteiger partial charge is 0.237 e. The number of nitrogens with zero attached hydrogens (tertiary/aromatic N) is 2. The number of hydrogen-bond donors (Lipinski definition) is 0. The molecule has 3 nitrogen and oxygen atoms in total. The molecule has 2 aromatic rings. The van der Waals surface area contributed by atoms with Gasteiger partial charge in [0.2, 0.25) is 5.91 Å². The van der Waals surface area contributed by atoms with E-state index in [1.807, 2.05) is 36.2 Å². The van der Waals surface area contributed by atoms with Crippen molar-refractivity contribution in [2.24, 2.45) is 0 Å². The van der Waals surface area contributed by atoms with Gasteiger partial charge in [0.15, 0.2) is 0 Å². The molecule has 0 aliphatic carbocycles. The molecule has 1 unspecified atom stereocenters. The van der Waals surface area contributed by atoms with Gasteiger partial charge in [-0.3, -0.25) is 9.69 Å². The molecule has 0 bridgehead atoms. The maximum absolute atomic E-state index is 12.7. The van der Waals surface area contributed by atoms with Gasteiger partial charge in [0.25, 0.3) is 0 Å². The van der Waals surface area contributed by atoms with Crippen LogP contribution in [0.15, 0.2) is 41.8 Å². The Morgan fingerprint density at radius 1 is 1.39 bits per heavy atom. The third-order valence-electron chi connectivity index (χ3n) is 4.19. The van der Waals surface area contributed by atoms with Crippen LogP contribution in [0.1, 0.15) is 29.3 Å². The Morgan fingerprint density at radius 3 is 3.00 bits per heavy atom. The fraction of sp³-hybridized carbons (Fsp3) is 0.389. The van der Waals surface area contributed by atoms with Crippen LogP contribution in [0.2, 0.25) is 5.02 Å². The molecule has 1 amide bonds. The summed E-state index contributed by atoms with van der Waals surface area (Å²) in [6, 6.07) is 12.3. The van der Waals surface area contributed by atoms with E-state index in [0.717, 1.165) is 36.5 Å². The number of amides is 1. The summed E-state index contributed by atoms with van der Waals surface area (Å²) in [6.45, 7) is 2.03. The van der Waals surface area contributed by atoms with Gasteiger partial charge in [0, 0.05) is 23.0 Å². The first kappa shape index (κ1) is 16.5. The van der Waals surface area contributed by atoms with Gasteiger partial charge < -0.3 is 4.90 Å². The van der Waals surface area contributed by atoms with Crippen LogP contribution in [-0.4, -0.2) is 35.8 Å². The number of carbonyl (C=O) groups is 1. The number of hydrogen-bond acceptors (Lipinski definition) is 3. The minimum atomic E-state index is 0.213. The highest BCUT2D eigenvalue weighted by molar-refractivity contribution is 7.10. The Balaban J connectivity index is 1.59. The minimum Gasteiger partial charge on any atom is -0.334 e. The van der Waals surface area contributed by atoms with E-state index in [-0.39, 0.29) is 11.9 Å². The van der Waals surface area contributed by atoms with E-state index >= 15 is 0 Å². The summed E-state index contributed by atoms with van der Waals surface area (Å²) in [6.07, 6.45) is 2.16. The lowest BCUT2D eigenvalue weighted by atomic mass is 10.2. The fourth-order valence-corrected chi connectivity index (χ4v) is 4.25. The van der Waals surface area contributed by atoms with Crippen LogP contribution in [0.4, 0.5) is 0 Å². The maximum atomic E-state index is 12.7. The van der Waals surface area contributed by atoms with Crippen LogP contribution >= 0.6 is 22.9 Å². The lowest BCUT2D eigenvalue weighted by molar-refractivity contribution is -0.133.